The van der Waals surface area contributed by atoms with Crippen molar-refractivity contribution >= 4 is 11.3 Å². The van der Waals surface area contributed by atoms with Gasteiger partial charge in [0.2, 0.25) is 0 Å². The molecule has 3 heterocycles. The largest absolute Gasteiger partial charge is 0.390 e. The highest BCUT2D eigenvalue weighted by molar-refractivity contribution is 5.84. The normalized spacial score (nSPS) is 10.8. The zero-order chi connectivity index (χ0) is 18.1. The summed E-state index contributed by atoms with van der Waals surface area (Å²) in [6.07, 6.45) is 3.04. The van der Waals surface area contributed by atoms with E-state index in [-0.39, 0.29) is 12.4 Å². The maximum Gasteiger partial charge on any atom is 0.150 e. The SMILES string of the molecule is N#Cc1ccccc1-c1nc(N)c2cc(CO)nn2c1-c1ccncn1. The summed E-state index contributed by atoms with van der Waals surface area (Å²) < 4.78 is 1.60. The minimum Gasteiger partial charge on any atom is -0.390 e. The number of hydrogen-bond donors (Lipinski definition) is 2. The highest BCUT2D eigenvalue weighted by atomic mass is 16.3. The first-order valence-corrected chi connectivity index (χ1v) is 7.78. The number of aromatic nitrogens is 5. The molecule has 0 atom stereocenters. The van der Waals surface area contributed by atoms with Crippen LogP contribution in [-0.2, 0) is 6.61 Å². The molecule has 4 aromatic rings. The van der Waals surface area contributed by atoms with E-state index in [1.54, 1.807) is 41.0 Å². The maximum absolute atomic E-state index is 9.48. The van der Waals surface area contributed by atoms with Gasteiger partial charge in [-0.1, -0.05) is 18.2 Å². The van der Waals surface area contributed by atoms with Crippen LogP contribution in [0.3, 0.4) is 0 Å². The van der Waals surface area contributed by atoms with Gasteiger partial charge in [-0.2, -0.15) is 10.4 Å². The van der Waals surface area contributed by atoms with Crippen LogP contribution in [0.1, 0.15) is 11.3 Å². The maximum atomic E-state index is 9.48. The smallest absolute Gasteiger partial charge is 0.150 e. The molecule has 8 nitrogen and oxygen atoms in total. The minimum absolute atomic E-state index is 0.228. The van der Waals surface area contributed by atoms with Gasteiger partial charge in [-0.05, 0) is 18.2 Å². The van der Waals surface area contributed by atoms with E-state index in [2.05, 4.69) is 26.1 Å². The van der Waals surface area contributed by atoms with E-state index in [9.17, 15) is 10.4 Å². The molecule has 0 saturated carbocycles. The highest BCUT2D eigenvalue weighted by Gasteiger charge is 2.20. The first-order chi connectivity index (χ1) is 12.7. The number of rotatable bonds is 3. The molecule has 0 aliphatic carbocycles. The van der Waals surface area contributed by atoms with Crippen molar-refractivity contribution in [3.05, 3.63) is 60.2 Å². The molecular weight excluding hydrogens is 330 g/mol. The Bertz CT molecular complexity index is 1150. The predicted octanol–water partition coefficient (Wildman–Crippen LogP) is 1.80. The lowest BCUT2D eigenvalue weighted by Gasteiger charge is -2.13. The van der Waals surface area contributed by atoms with Crippen molar-refractivity contribution in [2.24, 2.45) is 0 Å². The molecule has 1 aromatic carbocycles. The fraction of sp³-hybridized carbons (Fsp3) is 0.0556. The first-order valence-electron chi connectivity index (χ1n) is 7.78. The molecule has 0 saturated heterocycles. The Hall–Kier alpha value is -3.83. The molecule has 0 aliphatic heterocycles. The van der Waals surface area contributed by atoms with E-state index in [1.807, 2.05) is 6.07 Å². The van der Waals surface area contributed by atoms with Gasteiger partial charge in [0.25, 0.3) is 0 Å². The van der Waals surface area contributed by atoms with Gasteiger partial charge in [-0.15, -0.1) is 0 Å². The lowest BCUT2D eigenvalue weighted by atomic mass is 10.0. The number of fused-ring (bicyclic) bond motifs is 1. The third-order valence-corrected chi connectivity index (χ3v) is 3.98. The second-order valence-corrected chi connectivity index (χ2v) is 5.54. The Kier molecular flexibility index (Phi) is 3.76. The number of anilines is 1. The van der Waals surface area contributed by atoms with Gasteiger partial charge in [0.1, 0.15) is 29.0 Å². The lowest BCUT2D eigenvalue weighted by Crippen LogP contribution is -2.06. The summed E-state index contributed by atoms with van der Waals surface area (Å²) in [5.41, 5.74) is 9.86. The zero-order valence-corrected chi connectivity index (χ0v) is 13.5. The van der Waals surface area contributed by atoms with Crippen LogP contribution >= 0.6 is 0 Å². The van der Waals surface area contributed by atoms with Crippen molar-refractivity contribution in [3.63, 3.8) is 0 Å². The molecular formula is C18H13N7O. The number of aliphatic hydroxyl groups excluding tert-OH is 1. The second kappa shape index (κ2) is 6.23. The molecule has 4 rings (SSSR count). The Morgan fingerprint density at radius 1 is 1.23 bits per heavy atom. The summed E-state index contributed by atoms with van der Waals surface area (Å²) in [5.74, 6) is 0.248. The summed E-state index contributed by atoms with van der Waals surface area (Å²) in [6, 6.07) is 12.7. The number of nitrogens with two attached hydrogens (primary N) is 1. The van der Waals surface area contributed by atoms with Crippen LogP contribution in [0.4, 0.5) is 5.82 Å². The monoisotopic (exact) mass is 343 g/mol. The van der Waals surface area contributed by atoms with E-state index < -0.39 is 0 Å². The van der Waals surface area contributed by atoms with Crippen molar-refractivity contribution < 1.29 is 5.11 Å². The van der Waals surface area contributed by atoms with E-state index in [4.69, 9.17) is 5.73 Å². The Morgan fingerprint density at radius 2 is 2.08 bits per heavy atom. The van der Waals surface area contributed by atoms with E-state index in [0.717, 1.165) is 0 Å². The van der Waals surface area contributed by atoms with E-state index >= 15 is 0 Å². The number of benzene rings is 1. The molecule has 0 spiro atoms. The van der Waals surface area contributed by atoms with E-state index in [1.165, 1.54) is 6.33 Å². The number of nitrogen functional groups attached to an aromatic ring is 1. The predicted molar refractivity (Wildman–Crippen MR) is 94.5 cm³/mol. The molecule has 126 valence electrons. The topological polar surface area (TPSA) is 126 Å². The van der Waals surface area contributed by atoms with Crippen molar-refractivity contribution in [1.82, 2.24) is 24.6 Å². The van der Waals surface area contributed by atoms with Gasteiger partial charge >= 0.3 is 0 Å². The van der Waals surface area contributed by atoms with Gasteiger partial charge in [-0.25, -0.2) is 19.5 Å². The molecule has 0 aliphatic rings. The van der Waals surface area contributed by atoms with Crippen LogP contribution in [0.2, 0.25) is 0 Å². The molecule has 3 N–H and O–H groups in total. The summed E-state index contributed by atoms with van der Waals surface area (Å²) >= 11 is 0. The Morgan fingerprint density at radius 3 is 2.81 bits per heavy atom. The third kappa shape index (κ3) is 2.44. The quantitative estimate of drug-likeness (QED) is 0.581. The van der Waals surface area contributed by atoms with Gasteiger partial charge in [-0.3, -0.25) is 0 Å². The van der Waals surface area contributed by atoms with Crippen molar-refractivity contribution in [3.8, 4) is 28.7 Å². The number of hydrogen-bond acceptors (Lipinski definition) is 7. The van der Waals surface area contributed by atoms with Crippen molar-refractivity contribution in [2.75, 3.05) is 5.73 Å². The highest BCUT2D eigenvalue weighted by Crippen LogP contribution is 2.33. The van der Waals surface area contributed by atoms with Gasteiger partial charge in [0.15, 0.2) is 0 Å². The first kappa shape index (κ1) is 15.7. The molecule has 0 bridgehead atoms. The van der Waals surface area contributed by atoms with Gasteiger partial charge in [0.05, 0.1) is 29.6 Å². The van der Waals surface area contributed by atoms with E-state index in [0.29, 0.717) is 39.4 Å². The Balaban J connectivity index is 2.15. The number of aliphatic hydroxyl groups is 1. The molecule has 8 heteroatoms. The molecule has 26 heavy (non-hydrogen) atoms. The number of nitriles is 1. The minimum atomic E-state index is -0.228. The molecule has 0 fully saturated rings. The molecule has 0 amide bonds. The number of nitrogens with zero attached hydrogens (tertiary/aromatic N) is 6. The standard InChI is InChI=1S/C18H13N7O/c19-8-11-3-1-2-4-13(11)16-17(14-5-6-21-10-22-14)25-15(18(20)23-16)7-12(9-26)24-25/h1-7,10,26H,9H2,(H2,20,23). The second-order valence-electron chi connectivity index (χ2n) is 5.54. The summed E-state index contributed by atoms with van der Waals surface area (Å²) in [6.45, 7) is -0.228. The van der Waals surface area contributed by atoms with Crippen molar-refractivity contribution in [1.29, 1.82) is 5.26 Å². The van der Waals surface area contributed by atoms with Crippen LogP contribution in [0.25, 0.3) is 28.2 Å². The summed E-state index contributed by atoms with van der Waals surface area (Å²) in [4.78, 5) is 12.8. The summed E-state index contributed by atoms with van der Waals surface area (Å²) in [5, 5.41) is 23.3. The average Bonchev–Trinajstić information content (AvgIpc) is 3.13. The van der Waals surface area contributed by atoms with Gasteiger partial charge in [0, 0.05) is 11.8 Å². The molecule has 0 radical (unpaired) electrons. The lowest BCUT2D eigenvalue weighted by molar-refractivity contribution is 0.276. The summed E-state index contributed by atoms with van der Waals surface area (Å²) in [7, 11) is 0. The van der Waals surface area contributed by atoms with Crippen LogP contribution in [0.15, 0.2) is 48.9 Å². The zero-order valence-electron chi connectivity index (χ0n) is 13.5. The average molecular weight is 343 g/mol. The van der Waals surface area contributed by atoms with Gasteiger partial charge < -0.3 is 10.8 Å². The van der Waals surface area contributed by atoms with Crippen LogP contribution in [0, 0.1) is 11.3 Å². The van der Waals surface area contributed by atoms with Crippen LogP contribution in [0.5, 0.6) is 0 Å². The third-order valence-electron chi connectivity index (χ3n) is 3.98. The fourth-order valence-electron chi connectivity index (χ4n) is 2.83. The fourth-order valence-corrected chi connectivity index (χ4v) is 2.83. The van der Waals surface area contributed by atoms with Crippen LogP contribution in [-0.4, -0.2) is 29.7 Å². The Labute approximate surface area is 148 Å². The molecule has 3 aromatic heterocycles. The van der Waals surface area contributed by atoms with Crippen LogP contribution < -0.4 is 5.73 Å². The van der Waals surface area contributed by atoms with Crippen molar-refractivity contribution in [2.45, 2.75) is 6.61 Å². The molecule has 0 unspecified atom stereocenters.